The summed E-state index contributed by atoms with van der Waals surface area (Å²) in [5.41, 5.74) is 2.69. The molecule has 4 aliphatic heterocycles. The lowest BCUT2D eigenvalue weighted by Crippen LogP contribution is -2.58. The molecule has 1 amide bonds. The molecule has 5 unspecified atom stereocenters. The lowest BCUT2D eigenvalue weighted by molar-refractivity contribution is -0.161. The van der Waals surface area contributed by atoms with Gasteiger partial charge in [-0.1, -0.05) is 13.0 Å². The van der Waals surface area contributed by atoms with Gasteiger partial charge in [0.1, 0.15) is 0 Å². The molecule has 5 rings (SSSR count). The van der Waals surface area contributed by atoms with Gasteiger partial charge in [-0.3, -0.25) is 19.9 Å². The molecule has 0 spiro atoms. The maximum absolute atomic E-state index is 13.9. The van der Waals surface area contributed by atoms with E-state index in [0.29, 0.717) is 5.57 Å². The number of alkyl halides is 5. The Hall–Kier alpha value is -2.18. The molecule has 39 heavy (non-hydrogen) atoms. The van der Waals surface area contributed by atoms with E-state index in [1.807, 2.05) is 4.90 Å². The summed E-state index contributed by atoms with van der Waals surface area (Å²) in [7, 11) is 0. The van der Waals surface area contributed by atoms with Gasteiger partial charge < -0.3 is 16.0 Å². The summed E-state index contributed by atoms with van der Waals surface area (Å²) in [5, 5.41) is 11.5. The fraction of sp³-hybridized carbons (Fsp3) is 0.741. The number of allylic oxidation sites excluding steroid dienone is 2. The summed E-state index contributed by atoms with van der Waals surface area (Å²) in [4.78, 5) is 17.9. The van der Waals surface area contributed by atoms with E-state index >= 15 is 0 Å². The van der Waals surface area contributed by atoms with Crippen LogP contribution in [0.4, 0.5) is 22.0 Å². The molecule has 2 saturated heterocycles. The number of dihydropyridines is 1. The van der Waals surface area contributed by atoms with E-state index in [2.05, 4.69) is 45.2 Å². The number of rotatable bonds is 6. The normalized spacial score (nSPS) is 32.6. The van der Waals surface area contributed by atoms with Crippen LogP contribution in [0.5, 0.6) is 0 Å². The molecular weight excluding hydrogens is 519 g/mol. The molecule has 2 fully saturated rings. The predicted molar refractivity (Wildman–Crippen MR) is 137 cm³/mol. The van der Waals surface area contributed by atoms with Gasteiger partial charge in [-0.2, -0.15) is 13.2 Å². The van der Waals surface area contributed by atoms with Crippen LogP contribution in [0.15, 0.2) is 35.2 Å². The number of piperidine rings is 1. The Morgan fingerprint density at radius 3 is 2.54 bits per heavy atom. The standard InChI is InChI=1S/C27H39F5N6O/c1-17-4-6-20-19(5-7-22(36-20)38-10-2-3-11-38)23(17)24(39)33-16-21(37-12-8-26(28,29)9-13-37)18-14-34-25(35-15-18)27(30,31)32/h5,7,14,17,21-23,25,34-36H,2-4,6,8-13,15-16H2,1H3,(H,33,39). The maximum atomic E-state index is 13.9. The fourth-order valence-electron chi connectivity index (χ4n) is 6.50. The van der Waals surface area contributed by atoms with Crippen LogP contribution in [0.1, 0.15) is 45.4 Å². The summed E-state index contributed by atoms with van der Waals surface area (Å²) in [5.74, 6) is -3.12. The Morgan fingerprint density at radius 1 is 1.18 bits per heavy atom. The van der Waals surface area contributed by atoms with E-state index < -0.39 is 24.3 Å². The highest BCUT2D eigenvalue weighted by Gasteiger charge is 2.43. The quantitative estimate of drug-likeness (QED) is 0.376. The van der Waals surface area contributed by atoms with Crippen molar-refractivity contribution in [1.29, 1.82) is 0 Å². The average molecular weight is 559 g/mol. The zero-order valence-corrected chi connectivity index (χ0v) is 22.3. The number of carbonyl (C=O) groups excluding carboxylic acids is 1. The van der Waals surface area contributed by atoms with Gasteiger partial charge in [-0.15, -0.1) is 0 Å². The first-order valence-corrected chi connectivity index (χ1v) is 14.1. The molecule has 1 aliphatic carbocycles. The molecular formula is C27H39F5N6O. The van der Waals surface area contributed by atoms with Crippen molar-refractivity contribution in [3.63, 3.8) is 0 Å². The van der Waals surface area contributed by atoms with Crippen LogP contribution >= 0.6 is 0 Å². The highest BCUT2D eigenvalue weighted by molar-refractivity contribution is 5.83. The van der Waals surface area contributed by atoms with E-state index in [1.54, 1.807) is 0 Å². The van der Waals surface area contributed by atoms with E-state index in [4.69, 9.17) is 0 Å². The van der Waals surface area contributed by atoms with Crippen LogP contribution in [-0.4, -0.2) is 85.4 Å². The summed E-state index contributed by atoms with van der Waals surface area (Å²) < 4.78 is 67.1. The molecule has 218 valence electrons. The molecule has 0 bridgehead atoms. The Bertz CT molecular complexity index is 995. The number of amides is 1. The van der Waals surface area contributed by atoms with Gasteiger partial charge in [0.15, 0.2) is 6.17 Å². The number of halogens is 5. The van der Waals surface area contributed by atoms with Crippen molar-refractivity contribution >= 4 is 5.91 Å². The molecule has 0 aromatic heterocycles. The zero-order chi connectivity index (χ0) is 27.8. The minimum atomic E-state index is -4.46. The van der Waals surface area contributed by atoms with Crippen LogP contribution in [-0.2, 0) is 4.79 Å². The van der Waals surface area contributed by atoms with Crippen molar-refractivity contribution in [3.05, 3.63) is 35.2 Å². The summed E-state index contributed by atoms with van der Waals surface area (Å²) in [6, 6.07) is -0.494. The van der Waals surface area contributed by atoms with Gasteiger partial charge in [-0.05, 0) is 48.8 Å². The first-order valence-electron chi connectivity index (χ1n) is 14.1. The molecule has 12 heteroatoms. The third kappa shape index (κ3) is 6.43. The average Bonchev–Trinajstić information content (AvgIpc) is 3.44. The van der Waals surface area contributed by atoms with Gasteiger partial charge in [0.25, 0.3) is 5.92 Å². The smallest absolute Gasteiger partial charge is 0.369 e. The molecule has 5 aliphatic rings. The van der Waals surface area contributed by atoms with Gasteiger partial charge >= 0.3 is 6.18 Å². The van der Waals surface area contributed by atoms with Gasteiger partial charge in [0.2, 0.25) is 5.91 Å². The molecule has 0 saturated carbocycles. The van der Waals surface area contributed by atoms with Crippen LogP contribution in [0, 0.1) is 11.8 Å². The highest BCUT2D eigenvalue weighted by atomic mass is 19.4. The second-order valence-electron chi connectivity index (χ2n) is 11.5. The van der Waals surface area contributed by atoms with Crippen molar-refractivity contribution in [2.75, 3.05) is 39.3 Å². The second kappa shape index (κ2) is 11.4. The van der Waals surface area contributed by atoms with Crippen molar-refractivity contribution in [2.45, 2.75) is 75.9 Å². The third-order valence-electron chi connectivity index (χ3n) is 8.84. The largest absolute Gasteiger partial charge is 0.422 e. The van der Waals surface area contributed by atoms with Crippen LogP contribution in [0.25, 0.3) is 0 Å². The maximum Gasteiger partial charge on any atom is 0.422 e. The lowest BCUT2D eigenvalue weighted by atomic mass is 9.76. The van der Waals surface area contributed by atoms with Crippen LogP contribution in [0.3, 0.4) is 0 Å². The number of nitrogens with one attached hydrogen (secondary N) is 4. The Kier molecular flexibility index (Phi) is 8.26. The van der Waals surface area contributed by atoms with Gasteiger partial charge in [0, 0.05) is 64.0 Å². The van der Waals surface area contributed by atoms with E-state index in [-0.39, 0.29) is 62.9 Å². The molecule has 5 atom stereocenters. The van der Waals surface area contributed by atoms with Crippen molar-refractivity contribution < 1.29 is 26.7 Å². The van der Waals surface area contributed by atoms with E-state index in [9.17, 15) is 26.7 Å². The van der Waals surface area contributed by atoms with Crippen LogP contribution in [0.2, 0.25) is 0 Å². The third-order valence-corrected chi connectivity index (χ3v) is 8.84. The Balaban J connectivity index is 1.28. The fourth-order valence-corrected chi connectivity index (χ4v) is 6.50. The number of hydrogen-bond acceptors (Lipinski definition) is 6. The number of hydrogen-bond donors (Lipinski definition) is 4. The lowest BCUT2D eigenvalue weighted by Gasteiger charge is -2.41. The molecule has 0 aromatic carbocycles. The monoisotopic (exact) mass is 558 g/mol. The predicted octanol–water partition coefficient (Wildman–Crippen LogP) is 3.05. The number of likely N-dealkylation sites (tertiary alicyclic amines) is 2. The SMILES string of the molecule is CC1CCC2=C(C=CC(N3CCCC3)N2)C1C(=O)NCC(C1=CNC(C(F)(F)F)NC1)N1CCC(F)(F)CC1. The number of carbonyl (C=O) groups is 1. The topological polar surface area (TPSA) is 71.7 Å². The van der Waals surface area contributed by atoms with Crippen molar-refractivity contribution in [2.24, 2.45) is 11.8 Å². The van der Waals surface area contributed by atoms with E-state index in [1.165, 1.54) is 19.0 Å². The van der Waals surface area contributed by atoms with E-state index in [0.717, 1.165) is 37.2 Å². The summed E-state index contributed by atoms with van der Waals surface area (Å²) in [6.07, 6.45) is 2.83. The molecule has 0 aromatic rings. The zero-order valence-electron chi connectivity index (χ0n) is 22.3. The highest BCUT2D eigenvalue weighted by Crippen LogP contribution is 2.37. The van der Waals surface area contributed by atoms with Crippen molar-refractivity contribution in [1.82, 2.24) is 31.1 Å². The first kappa shape index (κ1) is 28.4. The Labute approximate surface area is 226 Å². The minimum absolute atomic E-state index is 0.0513. The first-order chi connectivity index (χ1) is 18.5. The molecule has 7 nitrogen and oxygen atoms in total. The summed E-state index contributed by atoms with van der Waals surface area (Å²) in [6.45, 7) is 4.46. The van der Waals surface area contributed by atoms with Gasteiger partial charge in [0.05, 0.1) is 18.1 Å². The molecule has 0 radical (unpaired) electrons. The second-order valence-corrected chi connectivity index (χ2v) is 11.5. The Morgan fingerprint density at radius 2 is 1.90 bits per heavy atom. The van der Waals surface area contributed by atoms with Crippen LogP contribution < -0.4 is 21.3 Å². The minimum Gasteiger partial charge on any atom is -0.369 e. The van der Waals surface area contributed by atoms with Crippen molar-refractivity contribution in [3.8, 4) is 0 Å². The summed E-state index contributed by atoms with van der Waals surface area (Å²) >= 11 is 0. The molecule has 4 N–H and O–H groups in total. The number of nitrogens with zero attached hydrogens (tertiary/aromatic N) is 2. The van der Waals surface area contributed by atoms with Gasteiger partial charge in [-0.25, -0.2) is 8.78 Å². The molecule has 4 heterocycles.